The number of hydrogen-bond donors (Lipinski definition) is 1. The zero-order chi connectivity index (χ0) is 24.3. The van der Waals surface area contributed by atoms with Crippen LogP contribution < -0.4 is 5.32 Å². The highest BCUT2D eigenvalue weighted by atomic mass is 16.7. The predicted octanol–water partition coefficient (Wildman–Crippen LogP) is 3.94. The Morgan fingerprint density at radius 2 is 1.76 bits per heavy atom. The van der Waals surface area contributed by atoms with Crippen molar-refractivity contribution >= 4 is 5.91 Å². The fraction of sp³-hybridized carbons (Fsp3) is 0.630. The highest BCUT2D eigenvalue weighted by Crippen LogP contribution is 2.28. The quantitative estimate of drug-likeness (QED) is 0.694. The Balaban J connectivity index is 1.39. The van der Waals surface area contributed by atoms with E-state index < -0.39 is 5.79 Å². The Morgan fingerprint density at radius 1 is 1.12 bits per heavy atom. The number of hydrogen-bond acceptors (Lipinski definition) is 5. The molecule has 4 rings (SSSR count). The first-order valence-corrected chi connectivity index (χ1v) is 12.4. The molecule has 0 radical (unpaired) electrons. The van der Waals surface area contributed by atoms with E-state index in [9.17, 15) is 4.79 Å². The summed E-state index contributed by atoms with van der Waals surface area (Å²) in [6.45, 7) is 13.4. The minimum Gasteiger partial charge on any atom is -0.381 e. The molecule has 1 amide bonds. The zero-order valence-corrected chi connectivity index (χ0v) is 21.2. The Morgan fingerprint density at radius 3 is 2.38 bits per heavy atom. The molecule has 2 fully saturated rings. The van der Waals surface area contributed by atoms with Gasteiger partial charge in [0.2, 0.25) is 5.79 Å². The van der Waals surface area contributed by atoms with Gasteiger partial charge in [0.05, 0.1) is 24.6 Å². The van der Waals surface area contributed by atoms with Gasteiger partial charge < -0.3 is 19.5 Å². The van der Waals surface area contributed by atoms with Gasteiger partial charge in [-0.25, -0.2) is 4.68 Å². The average Bonchev–Trinajstić information content (AvgIpc) is 3.24. The van der Waals surface area contributed by atoms with E-state index >= 15 is 0 Å². The summed E-state index contributed by atoms with van der Waals surface area (Å²) in [6, 6.07) is 10.6. The van der Waals surface area contributed by atoms with Crippen LogP contribution in [0.4, 0.5) is 0 Å². The monoisotopic (exact) mass is 469 g/mol. The standard InChI is InChI=1S/C27H39N3O4/c1-19-6-8-22(9-7-19)30-23(15-24(29-30)26(2,3)4)14-21-17-33-27(5,34-18-21)25(31)28-16-20-10-12-32-13-11-20/h6-9,15,20-21H,10-14,16-18H2,1-5H3,(H,28,31). The molecule has 0 spiro atoms. The number of aromatic nitrogens is 2. The van der Waals surface area contributed by atoms with Crippen LogP contribution in [0.2, 0.25) is 0 Å². The smallest absolute Gasteiger partial charge is 0.280 e. The van der Waals surface area contributed by atoms with Crippen molar-refractivity contribution in [3.63, 3.8) is 0 Å². The second-order valence-corrected chi connectivity index (χ2v) is 10.9. The third-order valence-electron chi connectivity index (χ3n) is 6.82. The van der Waals surface area contributed by atoms with Crippen LogP contribution >= 0.6 is 0 Å². The number of rotatable bonds is 6. The van der Waals surface area contributed by atoms with Crippen molar-refractivity contribution in [1.29, 1.82) is 0 Å². The first-order valence-electron chi connectivity index (χ1n) is 12.4. The van der Waals surface area contributed by atoms with Gasteiger partial charge in [-0.2, -0.15) is 5.10 Å². The van der Waals surface area contributed by atoms with Crippen LogP contribution in [-0.2, 0) is 30.8 Å². The van der Waals surface area contributed by atoms with Gasteiger partial charge in [0.1, 0.15) is 0 Å². The van der Waals surface area contributed by atoms with Crippen LogP contribution in [0.3, 0.4) is 0 Å². The summed E-state index contributed by atoms with van der Waals surface area (Å²) in [5.41, 5.74) is 4.39. The number of amides is 1. The van der Waals surface area contributed by atoms with Crippen molar-refractivity contribution < 1.29 is 19.0 Å². The van der Waals surface area contributed by atoms with Crippen LogP contribution in [0.15, 0.2) is 30.3 Å². The number of ether oxygens (including phenoxy) is 3. The molecule has 1 aromatic heterocycles. The van der Waals surface area contributed by atoms with Gasteiger partial charge in [-0.1, -0.05) is 38.5 Å². The molecule has 3 heterocycles. The molecule has 2 saturated heterocycles. The van der Waals surface area contributed by atoms with Crippen LogP contribution in [0.1, 0.15) is 57.5 Å². The minimum atomic E-state index is -1.24. The number of benzene rings is 1. The molecule has 0 atom stereocenters. The molecule has 0 saturated carbocycles. The van der Waals surface area contributed by atoms with Crippen molar-refractivity contribution in [2.45, 2.75) is 65.1 Å². The molecule has 7 nitrogen and oxygen atoms in total. The maximum absolute atomic E-state index is 12.8. The third kappa shape index (κ3) is 5.88. The summed E-state index contributed by atoms with van der Waals surface area (Å²) >= 11 is 0. The van der Waals surface area contributed by atoms with Gasteiger partial charge in [0, 0.05) is 36.8 Å². The van der Waals surface area contributed by atoms with Crippen molar-refractivity contribution in [3.05, 3.63) is 47.3 Å². The highest BCUT2D eigenvalue weighted by Gasteiger charge is 2.40. The Bertz CT molecular complexity index is 963. The molecule has 1 N–H and O–H groups in total. The number of carbonyl (C=O) groups is 1. The Hall–Kier alpha value is -2.22. The second kappa shape index (κ2) is 10.2. The van der Waals surface area contributed by atoms with Crippen molar-refractivity contribution in [2.75, 3.05) is 33.0 Å². The number of carbonyl (C=O) groups excluding carboxylic acids is 1. The molecule has 0 bridgehead atoms. The lowest BCUT2D eigenvalue weighted by Crippen LogP contribution is -2.54. The summed E-state index contributed by atoms with van der Waals surface area (Å²) in [5.74, 6) is -0.839. The first-order chi connectivity index (χ1) is 16.1. The SMILES string of the molecule is Cc1ccc(-n2nc(C(C)(C)C)cc2CC2COC(C)(C(=O)NCC3CCOCC3)OC2)cc1. The second-order valence-electron chi connectivity index (χ2n) is 10.9. The highest BCUT2D eigenvalue weighted by molar-refractivity contribution is 5.83. The average molecular weight is 470 g/mol. The molecule has 34 heavy (non-hydrogen) atoms. The van der Waals surface area contributed by atoms with Crippen LogP contribution in [-0.4, -0.2) is 54.4 Å². The normalized spacial score (nSPS) is 24.2. The third-order valence-corrected chi connectivity index (χ3v) is 6.82. The van der Waals surface area contributed by atoms with Gasteiger partial charge >= 0.3 is 0 Å². The molecule has 186 valence electrons. The van der Waals surface area contributed by atoms with Crippen LogP contribution in [0.5, 0.6) is 0 Å². The van der Waals surface area contributed by atoms with E-state index in [0.717, 1.165) is 49.6 Å². The Kier molecular flexibility index (Phi) is 7.45. The minimum absolute atomic E-state index is 0.0502. The Labute approximate surface area is 203 Å². The van der Waals surface area contributed by atoms with Crippen molar-refractivity contribution in [1.82, 2.24) is 15.1 Å². The van der Waals surface area contributed by atoms with Crippen molar-refractivity contribution in [3.8, 4) is 5.69 Å². The number of nitrogens with one attached hydrogen (secondary N) is 1. The van der Waals surface area contributed by atoms with E-state index in [0.29, 0.717) is 25.7 Å². The molecule has 2 aliphatic heterocycles. The van der Waals surface area contributed by atoms with Gasteiger partial charge in [-0.05, 0) is 57.2 Å². The van der Waals surface area contributed by atoms with E-state index in [4.69, 9.17) is 19.3 Å². The fourth-order valence-electron chi connectivity index (χ4n) is 4.38. The zero-order valence-electron chi connectivity index (χ0n) is 21.2. The number of nitrogens with zero attached hydrogens (tertiary/aromatic N) is 2. The van der Waals surface area contributed by atoms with Crippen molar-refractivity contribution in [2.24, 2.45) is 11.8 Å². The maximum Gasteiger partial charge on any atom is 0.280 e. The first kappa shape index (κ1) is 24.9. The molecule has 7 heteroatoms. The van der Waals surface area contributed by atoms with E-state index in [1.807, 2.05) is 4.68 Å². The van der Waals surface area contributed by atoms with Crippen LogP contribution in [0.25, 0.3) is 5.69 Å². The largest absolute Gasteiger partial charge is 0.381 e. The van der Waals surface area contributed by atoms with Gasteiger partial charge in [-0.3, -0.25) is 4.79 Å². The molecule has 2 aliphatic rings. The lowest BCUT2D eigenvalue weighted by molar-refractivity contribution is -0.260. The molecule has 0 aliphatic carbocycles. The lowest BCUT2D eigenvalue weighted by atomic mass is 9.91. The topological polar surface area (TPSA) is 74.6 Å². The van der Waals surface area contributed by atoms with E-state index in [1.165, 1.54) is 5.56 Å². The van der Waals surface area contributed by atoms with E-state index in [1.54, 1.807) is 6.92 Å². The lowest BCUT2D eigenvalue weighted by Gasteiger charge is -2.36. The van der Waals surface area contributed by atoms with Crippen LogP contribution in [0, 0.1) is 18.8 Å². The summed E-state index contributed by atoms with van der Waals surface area (Å²) in [5, 5.41) is 7.96. The summed E-state index contributed by atoms with van der Waals surface area (Å²) < 4.78 is 19.4. The molecular formula is C27H39N3O4. The molecule has 0 unspecified atom stereocenters. The summed E-state index contributed by atoms with van der Waals surface area (Å²) in [7, 11) is 0. The maximum atomic E-state index is 12.8. The molecular weight excluding hydrogens is 430 g/mol. The van der Waals surface area contributed by atoms with E-state index in [-0.39, 0.29) is 17.2 Å². The van der Waals surface area contributed by atoms with Gasteiger partial charge in [-0.15, -0.1) is 0 Å². The molecule has 1 aromatic carbocycles. The van der Waals surface area contributed by atoms with Gasteiger partial charge in [0.15, 0.2) is 0 Å². The van der Waals surface area contributed by atoms with Gasteiger partial charge in [0.25, 0.3) is 5.91 Å². The summed E-state index contributed by atoms with van der Waals surface area (Å²) in [4.78, 5) is 12.8. The van der Waals surface area contributed by atoms with E-state index in [2.05, 4.69) is 63.3 Å². The number of aryl methyl sites for hydroxylation is 1. The fourth-order valence-corrected chi connectivity index (χ4v) is 4.38. The predicted molar refractivity (Wildman–Crippen MR) is 131 cm³/mol. The molecule has 2 aromatic rings. The summed E-state index contributed by atoms with van der Waals surface area (Å²) in [6.07, 6.45) is 2.72.